The van der Waals surface area contributed by atoms with Crippen molar-refractivity contribution in [1.82, 2.24) is 5.32 Å². The van der Waals surface area contributed by atoms with Crippen LogP contribution in [0.5, 0.6) is 0 Å². The van der Waals surface area contributed by atoms with Gasteiger partial charge in [-0.2, -0.15) is 0 Å². The van der Waals surface area contributed by atoms with Crippen LogP contribution in [0.4, 0.5) is 0 Å². The molecule has 90 valence electrons. The van der Waals surface area contributed by atoms with E-state index in [2.05, 4.69) is 73.2 Å². The number of hydrogen-bond donors (Lipinski definition) is 1. The normalized spacial score (nSPS) is 13.8. The predicted molar refractivity (Wildman–Crippen MR) is 74.6 cm³/mol. The Morgan fingerprint density at radius 2 is 1.75 bits per heavy atom. The average molecular weight is 284 g/mol. The number of benzene rings is 1. The summed E-state index contributed by atoms with van der Waals surface area (Å²) in [7, 11) is 0. The number of rotatable bonds is 4. The zero-order chi connectivity index (χ0) is 12.2. The third kappa shape index (κ3) is 4.67. The molecule has 16 heavy (non-hydrogen) atoms. The Kier molecular flexibility index (Phi) is 5.00. The summed E-state index contributed by atoms with van der Waals surface area (Å²) in [5.74, 6) is 0. The van der Waals surface area contributed by atoms with Gasteiger partial charge in [0.15, 0.2) is 0 Å². The van der Waals surface area contributed by atoms with Crippen molar-refractivity contribution in [2.45, 2.75) is 40.2 Å². The maximum absolute atomic E-state index is 3.56. The SMILES string of the molecule is CCNC(CC(C)(C)C)c1ccc(Br)cc1. The van der Waals surface area contributed by atoms with E-state index in [4.69, 9.17) is 0 Å². The molecule has 1 unspecified atom stereocenters. The van der Waals surface area contributed by atoms with E-state index in [0.29, 0.717) is 11.5 Å². The first-order valence-corrected chi connectivity index (χ1v) is 6.70. The summed E-state index contributed by atoms with van der Waals surface area (Å²) < 4.78 is 1.14. The molecule has 0 bridgehead atoms. The van der Waals surface area contributed by atoms with E-state index in [9.17, 15) is 0 Å². The molecule has 1 N–H and O–H groups in total. The molecular formula is C14H22BrN. The summed E-state index contributed by atoms with van der Waals surface area (Å²) in [6, 6.07) is 9.08. The van der Waals surface area contributed by atoms with Crippen molar-refractivity contribution in [1.29, 1.82) is 0 Å². The van der Waals surface area contributed by atoms with E-state index in [1.54, 1.807) is 0 Å². The second kappa shape index (κ2) is 5.83. The van der Waals surface area contributed by atoms with Crippen LogP contribution in [0.25, 0.3) is 0 Å². The van der Waals surface area contributed by atoms with E-state index >= 15 is 0 Å². The molecule has 0 saturated carbocycles. The van der Waals surface area contributed by atoms with Crippen molar-refractivity contribution in [3.8, 4) is 0 Å². The van der Waals surface area contributed by atoms with Crippen molar-refractivity contribution in [3.05, 3.63) is 34.3 Å². The predicted octanol–water partition coefficient (Wildman–Crippen LogP) is 4.54. The van der Waals surface area contributed by atoms with Crippen LogP contribution in [0.1, 0.15) is 45.7 Å². The molecule has 1 aromatic rings. The zero-order valence-corrected chi connectivity index (χ0v) is 12.3. The van der Waals surface area contributed by atoms with Crippen molar-refractivity contribution < 1.29 is 0 Å². The Labute approximate surface area is 108 Å². The van der Waals surface area contributed by atoms with Gasteiger partial charge in [-0.05, 0) is 36.1 Å². The van der Waals surface area contributed by atoms with Crippen molar-refractivity contribution in [2.75, 3.05) is 6.54 Å². The first-order valence-electron chi connectivity index (χ1n) is 5.91. The molecule has 0 aliphatic carbocycles. The molecule has 0 amide bonds. The first kappa shape index (κ1) is 13.7. The van der Waals surface area contributed by atoms with Gasteiger partial charge in [-0.3, -0.25) is 0 Å². The molecule has 0 saturated heterocycles. The quantitative estimate of drug-likeness (QED) is 0.856. The Morgan fingerprint density at radius 1 is 1.19 bits per heavy atom. The summed E-state index contributed by atoms with van der Waals surface area (Å²) >= 11 is 3.47. The highest BCUT2D eigenvalue weighted by Gasteiger charge is 2.19. The minimum atomic E-state index is 0.347. The summed E-state index contributed by atoms with van der Waals surface area (Å²) in [4.78, 5) is 0. The Balaban J connectivity index is 2.80. The van der Waals surface area contributed by atoms with Crippen LogP contribution >= 0.6 is 15.9 Å². The second-order valence-electron chi connectivity index (χ2n) is 5.43. The Morgan fingerprint density at radius 3 is 2.19 bits per heavy atom. The molecular weight excluding hydrogens is 262 g/mol. The topological polar surface area (TPSA) is 12.0 Å². The highest BCUT2D eigenvalue weighted by atomic mass is 79.9. The summed E-state index contributed by atoms with van der Waals surface area (Å²) in [6.07, 6.45) is 1.16. The van der Waals surface area contributed by atoms with Crippen LogP contribution in [-0.2, 0) is 0 Å². The van der Waals surface area contributed by atoms with Gasteiger partial charge < -0.3 is 5.32 Å². The fourth-order valence-corrected chi connectivity index (χ4v) is 2.13. The molecule has 2 heteroatoms. The lowest BCUT2D eigenvalue weighted by atomic mass is 9.85. The number of halogens is 1. The second-order valence-corrected chi connectivity index (χ2v) is 6.34. The Hall–Kier alpha value is -0.340. The van der Waals surface area contributed by atoms with E-state index < -0.39 is 0 Å². The van der Waals surface area contributed by atoms with Gasteiger partial charge in [0.2, 0.25) is 0 Å². The van der Waals surface area contributed by atoms with Crippen LogP contribution in [0.2, 0.25) is 0 Å². The molecule has 0 aromatic heterocycles. The summed E-state index contributed by atoms with van der Waals surface area (Å²) in [6.45, 7) is 10.0. The maximum atomic E-state index is 3.56. The molecule has 1 nitrogen and oxygen atoms in total. The van der Waals surface area contributed by atoms with Gasteiger partial charge >= 0.3 is 0 Å². The van der Waals surface area contributed by atoms with Gasteiger partial charge in [0.1, 0.15) is 0 Å². The highest BCUT2D eigenvalue weighted by Crippen LogP contribution is 2.29. The van der Waals surface area contributed by atoms with Gasteiger partial charge in [0.05, 0.1) is 0 Å². The van der Waals surface area contributed by atoms with Gasteiger partial charge in [-0.25, -0.2) is 0 Å². The third-order valence-electron chi connectivity index (χ3n) is 2.54. The fourth-order valence-electron chi connectivity index (χ4n) is 1.86. The van der Waals surface area contributed by atoms with E-state index in [1.807, 2.05) is 0 Å². The van der Waals surface area contributed by atoms with E-state index in [-0.39, 0.29) is 0 Å². The molecule has 0 spiro atoms. The lowest BCUT2D eigenvalue weighted by Gasteiger charge is -2.27. The minimum absolute atomic E-state index is 0.347. The molecule has 0 aliphatic rings. The molecule has 0 heterocycles. The summed E-state index contributed by atoms with van der Waals surface area (Å²) in [5, 5.41) is 3.56. The van der Waals surface area contributed by atoms with Crippen LogP contribution in [0.3, 0.4) is 0 Å². The number of hydrogen-bond acceptors (Lipinski definition) is 1. The zero-order valence-electron chi connectivity index (χ0n) is 10.7. The molecule has 1 rings (SSSR count). The number of nitrogens with one attached hydrogen (secondary N) is 1. The van der Waals surface area contributed by atoms with Gasteiger partial charge in [0.25, 0.3) is 0 Å². The van der Waals surface area contributed by atoms with Gasteiger partial charge in [-0.15, -0.1) is 0 Å². The van der Waals surface area contributed by atoms with Crippen LogP contribution in [-0.4, -0.2) is 6.54 Å². The van der Waals surface area contributed by atoms with Crippen molar-refractivity contribution in [3.63, 3.8) is 0 Å². The van der Waals surface area contributed by atoms with Crippen LogP contribution in [0, 0.1) is 5.41 Å². The van der Waals surface area contributed by atoms with Gasteiger partial charge in [0, 0.05) is 10.5 Å². The average Bonchev–Trinajstić information content (AvgIpc) is 2.16. The van der Waals surface area contributed by atoms with Crippen LogP contribution < -0.4 is 5.32 Å². The monoisotopic (exact) mass is 283 g/mol. The van der Waals surface area contributed by atoms with Gasteiger partial charge in [-0.1, -0.05) is 55.8 Å². The Bertz CT molecular complexity index is 311. The minimum Gasteiger partial charge on any atom is -0.310 e. The fraction of sp³-hybridized carbons (Fsp3) is 0.571. The smallest absolute Gasteiger partial charge is 0.0325 e. The lowest BCUT2D eigenvalue weighted by molar-refractivity contribution is 0.314. The van der Waals surface area contributed by atoms with Crippen molar-refractivity contribution >= 4 is 15.9 Å². The standard InChI is InChI=1S/C14H22BrN/c1-5-16-13(10-14(2,3)4)11-6-8-12(15)9-7-11/h6-9,13,16H,5,10H2,1-4H3. The molecule has 0 aliphatic heterocycles. The molecule has 0 fully saturated rings. The van der Waals surface area contributed by atoms with E-state index in [1.165, 1.54) is 5.56 Å². The highest BCUT2D eigenvalue weighted by molar-refractivity contribution is 9.10. The van der Waals surface area contributed by atoms with E-state index in [0.717, 1.165) is 17.4 Å². The lowest BCUT2D eigenvalue weighted by Crippen LogP contribution is -2.25. The molecule has 1 atom stereocenters. The van der Waals surface area contributed by atoms with Crippen LogP contribution in [0.15, 0.2) is 28.7 Å². The maximum Gasteiger partial charge on any atom is 0.0325 e. The van der Waals surface area contributed by atoms with Crippen molar-refractivity contribution in [2.24, 2.45) is 5.41 Å². The molecule has 0 radical (unpaired) electrons. The first-order chi connectivity index (χ1) is 7.42. The third-order valence-corrected chi connectivity index (χ3v) is 3.07. The largest absolute Gasteiger partial charge is 0.310 e. The summed E-state index contributed by atoms with van der Waals surface area (Å²) in [5.41, 5.74) is 1.72. The molecule has 1 aromatic carbocycles.